The summed E-state index contributed by atoms with van der Waals surface area (Å²) < 4.78 is 59.2. The number of hydrogen-bond donors (Lipinski definition) is 1. The highest BCUT2D eigenvalue weighted by molar-refractivity contribution is 7.92. The molecule has 224 valence electrons. The number of nitrogens with zero attached hydrogens (tertiary/aromatic N) is 2. The van der Waals surface area contributed by atoms with E-state index in [-0.39, 0.29) is 41.8 Å². The highest BCUT2D eigenvalue weighted by Crippen LogP contribution is 2.34. The Labute approximate surface area is 245 Å². The lowest BCUT2D eigenvalue weighted by molar-refractivity contribution is -0.140. The van der Waals surface area contributed by atoms with E-state index in [9.17, 15) is 22.4 Å². The fourth-order valence-electron chi connectivity index (χ4n) is 4.63. The number of anilines is 1. The molecule has 0 aromatic heterocycles. The molecule has 12 heteroatoms. The van der Waals surface area contributed by atoms with Crippen LogP contribution in [-0.4, -0.2) is 64.6 Å². The standard InChI is InChI=1S/C30H34FN3O7S/c1-4-26(30(36)32-5-2)33(19-21-7-6-8-24(17-21)39-3)29(35)20-34(23-11-9-22(31)10-12-23)42(37,38)25-13-14-27-28(18-25)41-16-15-40-27/h6-14,17-18,26H,4-5,15-16,19-20H2,1-3H3,(H,32,36). The van der Waals surface area contributed by atoms with Gasteiger partial charge in [-0.05, 0) is 67.4 Å². The van der Waals surface area contributed by atoms with Gasteiger partial charge in [0.2, 0.25) is 11.8 Å². The van der Waals surface area contributed by atoms with Gasteiger partial charge in [-0.3, -0.25) is 13.9 Å². The summed E-state index contributed by atoms with van der Waals surface area (Å²) in [5.41, 5.74) is 0.764. The Morgan fingerprint density at radius 1 is 1.00 bits per heavy atom. The number of methoxy groups -OCH3 is 1. The summed E-state index contributed by atoms with van der Waals surface area (Å²) >= 11 is 0. The number of carbonyl (C=O) groups is 2. The van der Waals surface area contributed by atoms with Crippen molar-refractivity contribution in [2.45, 2.75) is 37.8 Å². The van der Waals surface area contributed by atoms with Crippen LogP contribution in [0.25, 0.3) is 0 Å². The molecule has 1 aliphatic heterocycles. The van der Waals surface area contributed by atoms with Crippen LogP contribution in [-0.2, 0) is 26.2 Å². The zero-order valence-corrected chi connectivity index (χ0v) is 24.5. The van der Waals surface area contributed by atoms with E-state index in [0.29, 0.717) is 30.2 Å². The molecule has 1 N–H and O–H groups in total. The van der Waals surface area contributed by atoms with Gasteiger partial charge >= 0.3 is 0 Å². The molecular formula is C30H34FN3O7S. The van der Waals surface area contributed by atoms with E-state index < -0.39 is 34.3 Å². The molecule has 4 rings (SSSR count). The summed E-state index contributed by atoms with van der Waals surface area (Å²) in [5.74, 6) is -0.319. The van der Waals surface area contributed by atoms with E-state index in [0.717, 1.165) is 16.4 Å². The van der Waals surface area contributed by atoms with E-state index in [1.54, 1.807) is 38.1 Å². The van der Waals surface area contributed by atoms with E-state index in [1.165, 1.54) is 42.3 Å². The van der Waals surface area contributed by atoms with Crippen molar-refractivity contribution in [3.8, 4) is 17.2 Å². The molecule has 0 saturated heterocycles. The van der Waals surface area contributed by atoms with E-state index in [2.05, 4.69) is 5.32 Å². The van der Waals surface area contributed by atoms with Crippen LogP contribution in [0.15, 0.2) is 71.6 Å². The van der Waals surface area contributed by atoms with Gasteiger partial charge in [-0.1, -0.05) is 19.1 Å². The topological polar surface area (TPSA) is 114 Å². The number of fused-ring (bicyclic) bond motifs is 1. The third-order valence-electron chi connectivity index (χ3n) is 6.72. The number of amides is 2. The molecule has 0 spiro atoms. The molecule has 0 bridgehead atoms. The van der Waals surface area contributed by atoms with Gasteiger partial charge in [-0.2, -0.15) is 0 Å². The minimum absolute atomic E-state index is 0.0208. The molecular weight excluding hydrogens is 565 g/mol. The van der Waals surface area contributed by atoms with Crippen LogP contribution >= 0.6 is 0 Å². The van der Waals surface area contributed by atoms with Crippen LogP contribution in [0.1, 0.15) is 25.8 Å². The van der Waals surface area contributed by atoms with Crippen molar-refractivity contribution in [1.82, 2.24) is 10.2 Å². The lowest BCUT2D eigenvalue weighted by atomic mass is 10.1. The van der Waals surface area contributed by atoms with Crippen LogP contribution in [0.4, 0.5) is 10.1 Å². The molecule has 0 saturated carbocycles. The minimum atomic E-state index is -4.37. The van der Waals surface area contributed by atoms with E-state index in [1.807, 2.05) is 0 Å². The molecule has 10 nitrogen and oxygen atoms in total. The molecule has 0 fully saturated rings. The van der Waals surface area contributed by atoms with Crippen molar-refractivity contribution >= 4 is 27.5 Å². The number of sulfonamides is 1. The molecule has 1 atom stereocenters. The summed E-state index contributed by atoms with van der Waals surface area (Å²) in [5, 5.41) is 2.76. The summed E-state index contributed by atoms with van der Waals surface area (Å²) in [6.07, 6.45) is 0.285. The Hall–Kier alpha value is -4.32. The Morgan fingerprint density at radius 3 is 2.38 bits per heavy atom. The fraction of sp³-hybridized carbons (Fsp3) is 0.333. The molecule has 2 amide bonds. The monoisotopic (exact) mass is 599 g/mol. The number of benzene rings is 3. The lowest BCUT2D eigenvalue weighted by Gasteiger charge is -2.33. The highest BCUT2D eigenvalue weighted by Gasteiger charge is 2.34. The molecule has 3 aromatic rings. The quantitative estimate of drug-likeness (QED) is 0.337. The number of ether oxygens (including phenoxy) is 3. The lowest BCUT2D eigenvalue weighted by Crippen LogP contribution is -2.52. The largest absolute Gasteiger partial charge is 0.497 e. The molecule has 3 aromatic carbocycles. The van der Waals surface area contributed by atoms with Crippen molar-refractivity contribution in [2.75, 3.05) is 37.7 Å². The Morgan fingerprint density at radius 2 is 1.71 bits per heavy atom. The number of rotatable bonds is 12. The Kier molecular flexibility index (Phi) is 9.89. The first kappa shape index (κ1) is 30.6. The number of carbonyl (C=O) groups excluding carboxylic acids is 2. The van der Waals surface area contributed by atoms with Gasteiger partial charge in [0, 0.05) is 19.2 Å². The third kappa shape index (κ3) is 6.93. The summed E-state index contributed by atoms with van der Waals surface area (Å²) in [6, 6.07) is 15.2. The van der Waals surface area contributed by atoms with Gasteiger partial charge in [-0.15, -0.1) is 0 Å². The average molecular weight is 600 g/mol. The van der Waals surface area contributed by atoms with Crippen molar-refractivity contribution < 1.29 is 36.6 Å². The SMILES string of the molecule is CCNC(=O)C(CC)N(Cc1cccc(OC)c1)C(=O)CN(c1ccc(F)cc1)S(=O)(=O)c1ccc2c(c1)OCCO2. The molecule has 0 radical (unpaired) electrons. The van der Waals surface area contributed by atoms with E-state index >= 15 is 0 Å². The first-order valence-electron chi connectivity index (χ1n) is 13.6. The maximum Gasteiger partial charge on any atom is 0.264 e. The van der Waals surface area contributed by atoms with Crippen LogP contribution in [0.5, 0.6) is 17.2 Å². The smallest absolute Gasteiger partial charge is 0.264 e. The van der Waals surface area contributed by atoms with Crippen molar-refractivity contribution in [1.29, 1.82) is 0 Å². The normalized spacial score (nSPS) is 13.1. The predicted molar refractivity (Wildman–Crippen MR) is 155 cm³/mol. The maximum absolute atomic E-state index is 14.1. The molecule has 1 aliphatic rings. The van der Waals surface area contributed by atoms with E-state index in [4.69, 9.17) is 14.2 Å². The van der Waals surface area contributed by atoms with Gasteiger partial charge in [-0.25, -0.2) is 12.8 Å². The van der Waals surface area contributed by atoms with Crippen molar-refractivity contribution in [3.05, 3.63) is 78.1 Å². The van der Waals surface area contributed by atoms with Crippen molar-refractivity contribution in [2.24, 2.45) is 0 Å². The number of nitrogens with one attached hydrogen (secondary N) is 1. The predicted octanol–water partition coefficient (Wildman–Crippen LogP) is 3.74. The van der Waals surface area contributed by atoms with Crippen LogP contribution in [0.2, 0.25) is 0 Å². The molecule has 1 unspecified atom stereocenters. The molecule has 1 heterocycles. The van der Waals surface area contributed by atoms with Gasteiger partial charge in [0.05, 0.1) is 17.7 Å². The zero-order valence-electron chi connectivity index (χ0n) is 23.7. The summed E-state index contributed by atoms with van der Waals surface area (Å²) in [4.78, 5) is 28.3. The fourth-order valence-corrected chi connectivity index (χ4v) is 6.06. The first-order valence-corrected chi connectivity index (χ1v) is 15.0. The summed E-state index contributed by atoms with van der Waals surface area (Å²) in [7, 11) is -2.85. The number of hydrogen-bond acceptors (Lipinski definition) is 7. The Balaban J connectivity index is 1.74. The average Bonchev–Trinajstić information content (AvgIpc) is 3.00. The summed E-state index contributed by atoms with van der Waals surface area (Å²) in [6.45, 7) is 3.87. The van der Waals surface area contributed by atoms with Gasteiger partial charge in [0.25, 0.3) is 10.0 Å². The van der Waals surface area contributed by atoms with Crippen LogP contribution in [0, 0.1) is 5.82 Å². The highest BCUT2D eigenvalue weighted by atomic mass is 32.2. The number of halogens is 1. The van der Waals surface area contributed by atoms with Gasteiger partial charge in [0.1, 0.15) is 37.4 Å². The second-order valence-corrected chi connectivity index (χ2v) is 11.3. The zero-order chi connectivity index (χ0) is 30.3. The Bertz CT molecular complexity index is 1520. The van der Waals surface area contributed by atoms with Crippen molar-refractivity contribution in [3.63, 3.8) is 0 Å². The maximum atomic E-state index is 14.1. The van der Waals surface area contributed by atoms with Gasteiger partial charge < -0.3 is 24.4 Å². The number of likely N-dealkylation sites (N-methyl/N-ethyl adjacent to an activating group) is 1. The first-order chi connectivity index (χ1) is 20.2. The van der Waals surface area contributed by atoms with Crippen LogP contribution in [0.3, 0.4) is 0 Å². The second-order valence-electron chi connectivity index (χ2n) is 9.49. The third-order valence-corrected chi connectivity index (χ3v) is 8.49. The second kappa shape index (κ2) is 13.6. The van der Waals surface area contributed by atoms with Crippen LogP contribution < -0.4 is 23.8 Å². The molecule has 0 aliphatic carbocycles. The minimum Gasteiger partial charge on any atom is -0.497 e. The van der Waals surface area contributed by atoms with Gasteiger partial charge in [0.15, 0.2) is 11.5 Å². The molecule has 42 heavy (non-hydrogen) atoms.